The molecule has 0 saturated carbocycles. The van der Waals surface area contributed by atoms with Gasteiger partial charge < -0.3 is 14.2 Å². The van der Waals surface area contributed by atoms with Crippen LogP contribution in [0.5, 0.6) is 0 Å². The number of carbonyl (C=O) groups excluding carboxylic acids is 1. The summed E-state index contributed by atoms with van der Waals surface area (Å²) in [6.07, 6.45) is 1.58. The normalized spacial score (nSPS) is 10.4. The minimum atomic E-state index is -0.201. The van der Waals surface area contributed by atoms with Gasteiger partial charge in [0.15, 0.2) is 0 Å². The molecule has 0 saturated heterocycles. The number of alkyl halides is 1. The highest BCUT2D eigenvalue weighted by molar-refractivity contribution is 6.17. The van der Waals surface area contributed by atoms with E-state index in [0.717, 1.165) is 0 Å². The summed E-state index contributed by atoms with van der Waals surface area (Å²) in [5.74, 6) is 0.244. The highest BCUT2D eigenvalue weighted by Crippen LogP contribution is 2.00. The van der Waals surface area contributed by atoms with Gasteiger partial charge in [-0.2, -0.15) is 0 Å². The van der Waals surface area contributed by atoms with Crippen molar-refractivity contribution in [3.05, 3.63) is 34.2 Å². The third kappa shape index (κ3) is 4.16. The van der Waals surface area contributed by atoms with Crippen molar-refractivity contribution in [1.82, 2.24) is 9.47 Å². The molecule has 100 valence electrons. The van der Waals surface area contributed by atoms with Gasteiger partial charge in [-0.1, -0.05) is 0 Å². The Hall–Kier alpha value is -1.33. The molecule has 0 unspecified atom stereocenters. The molecule has 1 aromatic heterocycles. The molecule has 6 heteroatoms. The Morgan fingerprint density at radius 1 is 1.50 bits per heavy atom. The SMILES string of the molecule is CN(CCOCCCl)C(=O)c1ccn(C)c(=O)c1. The summed E-state index contributed by atoms with van der Waals surface area (Å²) in [7, 11) is 3.31. The molecule has 0 aromatic carbocycles. The lowest BCUT2D eigenvalue weighted by Crippen LogP contribution is -2.31. The number of hydrogen-bond acceptors (Lipinski definition) is 3. The van der Waals surface area contributed by atoms with Gasteiger partial charge in [-0.25, -0.2) is 0 Å². The van der Waals surface area contributed by atoms with Gasteiger partial charge in [0.05, 0.1) is 13.2 Å². The van der Waals surface area contributed by atoms with E-state index < -0.39 is 0 Å². The maximum absolute atomic E-state index is 12.0. The summed E-state index contributed by atoms with van der Waals surface area (Å²) >= 11 is 5.46. The Kier molecular flexibility index (Phi) is 5.88. The summed E-state index contributed by atoms with van der Waals surface area (Å²) in [5, 5.41) is 0. The van der Waals surface area contributed by atoms with E-state index in [4.69, 9.17) is 16.3 Å². The van der Waals surface area contributed by atoms with Crippen LogP contribution < -0.4 is 5.56 Å². The van der Waals surface area contributed by atoms with Crippen LogP contribution in [0.3, 0.4) is 0 Å². The molecule has 0 aliphatic heterocycles. The van der Waals surface area contributed by atoms with E-state index in [1.807, 2.05) is 0 Å². The fraction of sp³-hybridized carbons (Fsp3) is 0.500. The molecule has 0 atom stereocenters. The van der Waals surface area contributed by atoms with Gasteiger partial charge >= 0.3 is 0 Å². The van der Waals surface area contributed by atoms with Crippen molar-refractivity contribution in [2.24, 2.45) is 7.05 Å². The van der Waals surface area contributed by atoms with Crippen LogP contribution >= 0.6 is 11.6 Å². The molecule has 1 aromatic rings. The standard InChI is InChI=1S/C12H17ClN2O3/c1-14-5-3-10(9-11(14)16)12(17)15(2)6-8-18-7-4-13/h3,5,9H,4,6-8H2,1-2H3. The van der Waals surface area contributed by atoms with E-state index >= 15 is 0 Å². The molecule has 0 radical (unpaired) electrons. The number of hydrogen-bond donors (Lipinski definition) is 0. The lowest BCUT2D eigenvalue weighted by atomic mass is 10.2. The van der Waals surface area contributed by atoms with Crippen molar-refractivity contribution in [3.8, 4) is 0 Å². The molecule has 0 aliphatic rings. The molecule has 1 amide bonds. The summed E-state index contributed by atoms with van der Waals surface area (Å²) in [5.41, 5.74) is 0.186. The lowest BCUT2D eigenvalue weighted by Gasteiger charge is -2.17. The van der Waals surface area contributed by atoms with Gasteiger partial charge in [0.1, 0.15) is 0 Å². The fourth-order valence-corrected chi connectivity index (χ4v) is 1.47. The number of carbonyl (C=O) groups is 1. The molecule has 5 nitrogen and oxygen atoms in total. The molecule has 0 aliphatic carbocycles. The number of likely N-dealkylation sites (N-methyl/N-ethyl adjacent to an activating group) is 1. The number of ether oxygens (including phenoxy) is 1. The quantitative estimate of drug-likeness (QED) is 0.566. The zero-order valence-electron chi connectivity index (χ0n) is 10.6. The average Bonchev–Trinajstić information content (AvgIpc) is 2.37. The molecular weight excluding hydrogens is 256 g/mol. The summed E-state index contributed by atoms with van der Waals surface area (Å²) in [6, 6.07) is 2.96. The minimum absolute atomic E-state index is 0.192. The largest absolute Gasteiger partial charge is 0.378 e. The Morgan fingerprint density at radius 2 is 2.22 bits per heavy atom. The van der Waals surface area contributed by atoms with Crippen LogP contribution in [0.2, 0.25) is 0 Å². The van der Waals surface area contributed by atoms with E-state index in [9.17, 15) is 9.59 Å². The van der Waals surface area contributed by atoms with Crippen molar-refractivity contribution in [2.75, 3.05) is 32.7 Å². The molecule has 18 heavy (non-hydrogen) atoms. The van der Waals surface area contributed by atoms with Crippen molar-refractivity contribution in [2.45, 2.75) is 0 Å². The smallest absolute Gasteiger partial charge is 0.253 e. The first kappa shape index (κ1) is 14.7. The molecule has 0 fully saturated rings. The second-order valence-corrected chi connectivity index (χ2v) is 4.27. The van der Waals surface area contributed by atoms with Gasteiger partial charge in [0, 0.05) is 44.3 Å². The minimum Gasteiger partial charge on any atom is -0.378 e. The van der Waals surface area contributed by atoms with Crippen LogP contribution in [0, 0.1) is 0 Å². The van der Waals surface area contributed by atoms with Gasteiger partial charge in [-0.05, 0) is 6.07 Å². The van der Waals surface area contributed by atoms with Gasteiger partial charge in [0.25, 0.3) is 11.5 Å². The number of aromatic nitrogens is 1. The van der Waals surface area contributed by atoms with Crippen molar-refractivity contribution >= 4 is 17.5 Å². The molecule has 1 heterocycles. The molecule has 0 spiro atoms. The predicted molar refractivity (Wildman–Crippen MR) is 70.2 cm³/mol. The Morgan fingerprint density at radius 3 is 2.83 bits per heavy atom. The van der Waals surface area contributed by atoms with E-state index in [1.165, 1.54) is 15.5 Å². The van der Waals surface area contributed by atoms with Gasteiger partial charge in [-0.15, -0.1) is 11.6 Å². The van der Waals surface area contributed by atoms with E-state index in [2.05, 4.69) is 0 Å². The maximum atomic E-state index is 12.0. The van der Waals surface area contributed by atoms with Crippen LogP contribution in [0.4, 0.5) is 0 Å². The molecule has 0 bridgehead atoms. The van der Waals surface area contributed by atoms with Crippen molar-refractivity contribution < 1.29 is 9.53 Å². The Bertz CT molecular complexity index is 459. The highest BCUT2D eigenvalue weighted by atomic mass is 35.5. The third-order valence-corrected chi connectivity index (χ3v) is 2.64. The lowest BCUT2D eigenvalue weighted by molar-refractivity contribution is 0.0711. The maximum Gasteiger partial charge on any atom is 0.253 e. The van der Waals surface area contributed by atoms with Crippen LogP contribution in [0.15, 0.2) is 23.1 Å². The second kappa shape index (κ2) is 7.18. The van der Waals surface area contributed by atoms with Crippen molar-refractivity contribution in [3.63, 3.8) is 0 Å². The van der Waals surface area contributed by atoms with Crippen LogP contribution in [-0.4, -0.2) is 48.1 Å². The monoisotopic (exact) mass is 272 g/mol. The first-order valence-electron chi connectivity index (χ1n) is 5.62. The van der Waals surface area contributed by atoms with Crippen LogP contribution in [0.1, 0.15) is 10.4 Å². The topological polar surface area (TPSA) is 51.5 Å². The Labute approximate surface area is 111 Å². The number of halogens is 1. The third-order valence-electron chi connectivity index (χ3n) is 2.49. The van der Waals surface area contributed by atoms with Crippen molar-refractivity contribution in [1.29, 1.82) is 0 Å². The number of amides is 1. The summed E-state index contributed by atoms with van der Waals surface area (Å²) in [6.45, 7) is 1.36. The second-order valence-electron chi connectivity index (χ2n) is 3.89. The van der Waals surface area contributed by atoms with E-state index in [-0.39, 0.29) is 11.5 Å². The molecule has 0 N–H and O–H groups in total. The summed E-state index contributed by atoms with van der Waals surface area (Å²) in [4.78, 5) is 24.9. The van der Waals surface area contributed by atoms with E-state index in [0.29, 0.717) is 31.2 Å². The first-order valence-corrected chi connectivity index (χ1v) is 6.15. The highest BCUT2D eigenvalue weighted by Gasteiger charge is 2.11. The van der Waals surface area contributed by atoms with Gasteiger partial charge in [-0.3, -0.25) is 9.59 Å². The van der Waals surface area contributed by atoms with E-state index in [1.54, 1.807) is 26.4 Å². The number of nitrogens with zero attached hydrogens (tertiary/aromatic N) is 2. The number of aryl methyl sites for hydroxylation is 1. The van der Waals surface area contributed by atoms with Gasteiger partial charge in [0.2, 0.25) is 0 Å². The Balaban J connectivity index is 2.57. The fourth-order valence-electron chi connectivity index (χ4n) is 1.36. The first-order chi connectivity index (χ1) is 8.56. The van der Waals surface area contributed by atoms with Crippen LogP contribution in [0.25, 0.3) is 0 Å². The van der Waals surface area contributed by atoms with Crippen LogP contribution in [-0.2, 0) is 11.8 Å². The summed E-state index contributed by atoms with van der Waals surface area (Å²) < 4.78 is 6.61. The number of pyridine rings is 1. The molecule has 1 rings (SSSR count). The molecular formula is C12H17ClN2O3. The predicted octanol–water partition coefficient (Wildman–Crippen LogP) is 0.713. The number of rotatable bonds is 6. The zero-order chi connectivity index (χ0) is 13.5. The zero-order valence-corrected chi connectivity index (χ0v) is 11.3. The average molecular weight is 273 g/mol.